The predicted molar refractivity (Wildman–Crippen MR) is 64.9 cm³/mol. The zero-order valence-electron chi connectivity index (χ0n) is 10.4. The van der Waals surface area contributed by atoms with Gasteiger partial charge in [-0.3, -0.25) is 10.9 Å². The van der Waals surface area contributed by atoms with Gasteiger partial charge in [0.25, 0.3) is 0 Å². The van der Waals surface area contributed by atoms with Crippen LogP contribution in [0.25, 0.3) is 0 Å². The Morgan fingerprint density at radius 1 is 1.36 bits per heavy atom. The molecule has 2 nitrogen and oxygen atoms in total. The lowest BCUT2D eigenvalue weighted by Gasteiger charge is -2.18. The van der Waals surface area contributed by atoms with Crippen LogP contribution < -0.4 is 10.9 Å². The third kappa shape index (κ3) is 17.5. The molecule has 1 fully saturated rings. The van der Waals surface area contributed by atoms with Crippen LogP contribution in [0.5, 0.6) is 0 Å². The van der Waals surface area contributed by atoms with Crippen molar-refractivity contribution in [3.8, 4) is 12.3 Å². The van der Waals surface area contributed by atoms with Crippen molar-refractivity contribution in [1.82, 2.24) is 10.9 Å². The Kier molecular flexibility index (Phi) is 14.2. The molecule has 0 aromatic rings. The third-order valence-electron chi connectivity index (χ3n) is 1.83. The molecule has 0 saturated heterocycles. The van der Waals surface area contributed by atoms with E-state index in [4.69, 9.17) is 0 Å². The molecule has 0 aliphatic heterocycles. The van der Waals surface area contributed by atoms with Crippen molar-refractivity contribution in [3.63, 3.8) is 0 Å². The standard InChI is InChI=1S/C5H10.C4H12N2.C3H4/c1-5-3-2-4-5;1-4(2)6-5-3;1-3-2/h5H,2-4H2,1H3;4-6H,1-3H3;1H,2H3. The van der Waals surface area contributed by atoms with Crippen LogP contribution in [0.15, 0.2) is 0 Å². The maximum absolute atomic E-state index is 4.60. The Balaban J connectivity index is 0. The number of hydrazine groups is 1. The van der Waals surface area contributed by atoms with E-state index in [0.717, 1.165) is 5.92 Å². The summed E-state index contributed by atoms with van der Waals surface area (Å²) in [7, 11) is 1.86. The molecule has 0 radical (unpaired) electrons. The van der Waals surface area contributed by atoms with Gasteiger partial charge in [0.1, 0.15) is 0 Å². The van der Waals surface area contributed by atoms with Crippen LogP contribution in [0.1, 0.15) is 47.0 Å². The van der Waals surface area contributed by atoms with Gasteiger partial charge in [-0.15, -0.1) is 12.3 Å². The molecule has 84 valence electrons. The molecule has 14 heavy (non-hydrogen) atoms. The number of rotatable bonds is 2. The first-order valence-corrected chi connectivity index (χ1v) is 5.38. The number of hydrogen-bond acceptors (Lipinski definition) is 2. The molecule has 0 heterocycles. The lowest BCUT2D eigenvalue weighted by molar-refractivity contribution is 0.346. The first-order valence-electron chi connectivity index (χ1n) is 5.38. The quantitative estimate of drug-likeness (QED) is 0.526. The molecule has 1 rings (SSSR count). The minimum absolute atomic E-state index is 0.537. The second-order valence-corrected chi connectivity index (χ2v) is 3.87. The summed E-state index contributed by atoms with van der Waals surface area (Å²) in [5.74, 6) is 3.31. The fraction of sp³-hybridized carbons (Fsp3) is 0.833. The molecule has 0 atom stereocenters. The molecular formula is C12H26N2. The third-order valence-corrected chi connectivity index (χ3v) is 1.83. The van der Waals surface area contributed by atoms with E-state index >= 15 is 0 Å². The minimum atomic E-state index is 0.537. The summed E-state index contributed by atoms with van der Waals surface area (Å²) in [5, 5.41) is 0. The summed E-state index contributed by atoms with van der Waals surface area (Å²) in [6.07, 6.45) is 9.06. The van der Waals surface area contributed by atoms with E-state index in [1.807, 2.05) is 7.05 Å². The summed E-state index contributed by atoms with van der Waals surface area (Å²) >= 11 is 0. The van der Waals surface area contributed by atoms with Crippen molar-refractivity contribution in [2.45, 2.75) is 53.0 Å². The van der Waals surface area contributed by atoms with Crippen LogP contribution in [0.3, 0.4) is 0 Å². The van der Waals surface area contributed by atoms with E-state index < -0.39 is 0 Å². The Bertz CT molecular complexity index is 132. The SMILES string of the molecule is C#CC.CC1CCC1.CNNC(C)C. The molecule has 0 unspecified atom stereocenters. The van der Waals surface area contributed by atoms with Crippen molar-refractivity contribution in [3.05, 3.63) is 0 Å². The van der Waals surface area contributed by atoms with Gasteiger partial charge in [0.2, 0.25) is 0 Å². The van der Waals surface area contributed by atoms with E-state index in [1.54, 1.807) is 6.92 Å². The van der Waals surface area contributed by atoms with Gasteiger partial charge in [-0.1, -0.05) is 26.2 Å². The smallest absolute Gasteiger partial charge is 0.0156 e. The lowest BCUT2D eigenvalue weighted by Crippen LogP contribution is -2.33. The summed E-state index contributed by atoms with van der Waals surface area (Å²) in [5.41, 5.74) is 5.78. The maximum Gasteiger partial charge on any atom is 0.0156 e. The number of terminal acetylenes is 1. The molecule has 0 aromatic heterocycles. The second kappa shape index (κ2) is 12.5. The average Bonchev–Trinajstić information content (AvgIpc) is 2.03. The monoisotopic (exact) mass is 198 g/mol. The van der Waals surface area contributed by atoms with E-state index in [2.05, 4.69) is 44.0 Å². The van der Waals surface area contributed by atoms with E-state index in [0.29, 0.717) is 6.04 Å². The topological polar surface area (TPSA) is 24.1 Å². The van der Waals surface area contributed by atoms with Crippen LogP contribution in [0, 0.1) is 18.3 Å². The molecule has 0 amide bonds. The average molecular weight is 198 g/mol. The minimum Gasteiger partial charge on any atom is -0.261 e. The van der Waals surface area contributed by atoms with Crippen LogP contribution in [0.4, 0.5) is 0 Å². The molecule has 0 aromatic carbocycles. The lowest BCUT2D eigenvalue weighted by atomic mass is 9.88. The largest absolute Gasteiger partial charge is 0.261 e. The van der Waals surface area contributed by atoms with Gasteiger partial charge in [0, 0.05) is 6.04 Å². The first kappa shape index (κ1) is 15.9. The zero-order valence-corrected chi connectivity index (χ0v) is 10.4. The molecular weight excluding hydrogens is 172 g/mol. The Hall–Kier alpha value is -0.520. The van der Waals surface area contributed by atoms with Gasteiger partial charge in [0.15, 0.2) is 0 Å². The Morgan fingerprint density at radius 2 is 1.71 bits per heavy atom. The van der Waals surface area contributed by atoms with E-state index in [1.165, 1.54) is 19.3 Å². The first-order chi connectivity index (χ1) is 6.58. The molecule has 2 N–H and O–H groups in total. The van der Waals surface area contributed by atoms with Crippen molar-refractivity contribution in [1.29, 1.82) is 0 Å². The summed E-state index contributed by atoms with van der Waals surface area (Å²) in [4.78, 5) is 0. The van der Waals surface area contributed by atoms with Crippen molar-refractivity contribution in [2.75, 3.05) is 7.05 Å². The molecule has 1 aliphatic rings. The van der Waals surface area contributed by atoms with Crippen molar-refractivity contribution >= 4 is 0 Å². The van der Waals surface area contributed by atoms with Gasteiger partial charge < -0.3 is 0 Å². The maximum atomic E-state index is 4.60. The number of nitrogens with one attached hydrogen (secondary N) is 2. The Morgan fingerprint density at radius 3 is 1.71 bits per heavy atom. The second-order valence-electron chi connectivity index (χ2n) is 3.87. The summed E-state index contributed by atoms with van der Waals surface area (Å²) < 4.78 is 0. The summed E-state index contributed by atoms with van der Waals surface area (Å²) in [6, 6.07) is 0.537. The van der Waals surface area contributed by atoms with E-state index in [9.17, 15) is 0 Å². The Labute approximate surface area is 89.8 Å². The molecule has 2 heteroatoms. The van der Waals surface area contributed by atoms with Crippen molar-refractivity contribution < 1.29 is 0 Å². The van der Waals surface area contributed by atoms with Gasteiger partial charge >= 0.3 is 0 Å². The van der Waals surface area contributed by atoms with Crippen LogP contribution in [-0.4, -0.2) is 13.1 Å². The summed E-state index contributed by atoms with van der Waals surface area (Å²) in [6.45, 7) is 8.12. The fourth-order valence-corrected chi connectivity index (χ4v) is 0.901. The van der Waals surface area contributed by atoms with Gasteiger partial charge in [-0.25, -0.2) is 0 Å². The molecule has 0 spiro atoms. The highest BCUT2D eigenvalue weighted by Crippen LogP contribution is 2.24. The van der Waals surface area contributed by atoms with Crippen LogP contribution >= 0.6 is 0 Å². The predicted octanol–water partition coefficient (Wildman–Crippen LogP) is 2.56. The number of hydrogen-bond donors (Lipinski definition) is 2. The van der Waals surface area contributed by atoms with Gasteiger partial charge in [0.05, 0.1) is 0 Å². The zero-order chi connectivity index (χ0) is 11.4. The van der Waals surface area contributed by atoms with Crippen LogP contribution in [0.2, 0.25) is 0 Å². The normalized spacial score (nSPS) is 14.1. The highest BCUT2D eigenvalue weighted by Gasteiger charge is 2.09. The van der Waals surface area contributed by atoms with Gasteiger partial charge in [-0.05, 0) is 33.7 Å². The fourth-order valence-electron chi connectivity index (χ4n) is 0.901. The van der Waals surface area contributed by atoms with Crippen LogP contribution in [-0.2, 0) is 0 Å². The molecule has 1 saturated carbocycles. The molecule has 1 aliphatic carbocycles. The highest BCUT2D eigenvalue weighted by molar-refractivity contribution is 4.73. The van der Waals surface area contributed by atoms with Gasteiger partial charge in [-0.2, -0.15) is 0 Å². The van der Waals surface area contributed by atoms with E-state index in [-0.39, 0.29) is 0 Å². The molecule has 0 bridgehead atoms. The van der Waals surface area contributed by atoms with Crippen molar-refractivity contribution in [2.24, 2.45) is 5.92 Å². The highest BCUT2D eigenvalue weighted by atomic mass is 15.3.